The van der Waals surface area contributed by atoms with Gasteiger partial charge in [0.1, 0.15) is 0 Å². The Labute approximate surface area is 122 Å². The highest BCUT2D eigenvalue weighted by molar-refractivity contribution is 7.92. The van der Waals surface area contributed by atoms with Crippen LogP contribution >= 0.6 is 0 Å². The molecule has 0 bridgehead atoms. The van der Waals surface area contributed by atoms with Crippen LogP contribution in [0, 0.1) is 16.0 Å². The van der Waals surface area contributed by atoms with Crippen LogP contribution in [0.4, 0.5) is 4.39 Å². The molecular weight excluding hydrogens is 301 g/mol. The van der Waals surface area contributed by atoms with E-state index in [1.807, 2.05) is 0 Å². The van der Waals surface area contributed by atoms with Gasteiger partial charge in [0.2, 0.25) is 0 Å². The van der Waals surface area contributed by atoms with Gasteiger partial charge in [-0.15, -0.1) is 4.39 Å². The van der Waals surface area contributed by atoms with E-state index in [1.165, 1.54) is 18.2 Å². The van der Waals surface area contributed by atoms with Crippen LogP contribution < -0.4 is 0 Å². The van der Waals surface area contributed by atoms with Gasteiger partial charge in [-0.3, -0.25) is 10.1 Å². The minimum absolute atomic E-state index is 0.00982. The first-order chi connectivity index (χ1) is 9.82. The number of nitrogens with zero attached hydrogens (tertiary/aromatic N) is 1. The Balaban J connectivity index is 3.42. The molecule has 118 valence electrons. The van der Waals surface area contributed by atoms with Crippen molar-refractivity contribution in [3.8, 4) is 0 Å². The summed E-state index contributed by atoms with van der Waals surface area (Å²) in [5.74, 6) is -1.41. The predicted molar refractivity (Wildman–Crippen MR) is 74.6 cm³/mol. The van der Waals surface area contributed by atoms with Crippen molar-refractivity contribution in [3.05, 3.63) is 40.4 Å². The van der Waals surface area contributed by atoms with E-state index in [4.69, 9.17) is 5.11 Å². The van der Waals surface area contributed by atoms with Gasteiger partial charge in [0, 0.05) is 6.61 Å². The zero-order valence-corrected chi connectivity index (χ0v) is 12.4. The van der Waals surface area contributed by atoms with E-state index in [9.17, 15) is 18.5 Å². The lowest BCUT2D eigenvalue weighted by molar-refractivity contribution is -0.585. The fourth-order valence-electron chi connectivity index (χ4n) is 2.24. The number of nitro groups is 1. The summed E-state index contributed by atoms with van der Waals surface area (Å²) in [6.45, 7) is 1.15. The molecule has 2 atom stereocenters. The van der Waals surface area contributed by atoms with Crippen LogP contribution in [-0.2, 0) is 9.84 Å². The van der Waals surface area contributed by atoms with E-state index in [-0.39, 0.29) is 12.8 Å². The van der Waals surface area contributed by atoms with Gasteiger partial charge in [0.15, 0.2) is 0 Å². The highest BCUT2D eigenvalue weighted by Crippen LogP contribution is 2.38. The summed E-state index contributed by atoms with van der Waals surface area (Å²) in [4.78, 5) is 9.36. The summed E-state index contributed by atoms with van der Waals surface area (Å²) in [5.41, 5.74) is 0. The van der Waals surface area contributed by atoms with Crippen LogP contribution in [0.3, 0.4) is 0 Å². The van der Waals surface area contributed by atoms with E-state index in [0.717, 1.165) is 12.1 Å². The first kappa shape index (κ1) is 17.5. The lowest BCUT2D eigenvalue weighted by Crippen LogP contribution is -2.49. The van der Waals surface area contributed by atoms with Crippen LogP contribution in [-0.4, -0.2) is 30.2 Å². The van der Waals surface area contributed by atoms with Gasteiger partial charge in [-0.05, 0) is 25.0 Å². The van der Waals surface area contributed by atoms with E-state index in [1.54, 1.807) is 6.92 Å². The highest BCUT2D eigenvalue weighted by atomic mass is 32.2. The fourth-order valence-corrected chi connectivity index (χ4v) is 3.95. The molecule has 0 aliphatic carbocycles. The lowest BCUT2D eigenvalue weighted by atomic mass is 9.99. The maximum absolute atomic E-state index is 15.0. The summed E-state index contributed by atoms with van der Waals surface area (Å²) in [6, 6.07) is 6.51. The van der Waals surface area contributed by atoms with Crippen LogP contribution in [0.25, 0.3) is 0 Å². The second kappa shape index (κ2) is 6.95. The molecule has 0 fully saturated rings. The fraction of sp³-hybridized carbons (Fsp3) is 0.538. The van der Waals surface area contributed by atoms with Gasteiger partial charge in [0.05, 0.1) is 15.7 Å². The van der Waals surface area contributed by atoms with Gasteiger partial charge in [0.25, 0.3) is 9.84 Å². The summed E-state index contributed by atoms with van der Waals surface area (Å²) in [6.07, 6.45) is 0.0654. The summed E-state index contributed by atoms with van der Waals surface area (Å²) in [7, 11) is -4.82. The van der Waals surface area contributed by atoms with Crippen molar-refractivity contribution >= 4 is 9.84 Å². The highest BCUT2D eigenvalue weighted by Gasteiger charge is 2.62. The number of aliphatic hydroxyl groups excluding tert-OH is 1. The topological polar surface area (TPSA) is 97.5 Å². The van der Waals surface area contributed by atoms with Crippen molar-refractivity contribution in [3.63, 3.8) is 0 Å². The minimum atomic E-state index is -4.82. The number of benzene rings is 1. The lowest BCUT2D eigenvalue weighted by Gasteiger charge is -2.25. The number of hydrogen-bond donors (Lipinski definition) is 1. The summed E-state index contributed by atoms with van der Waals surface area (Å²) >= 11 is 0. The number of sulfone groups is 1. The van der Waals surface area contributed by atoms with E-state index in [0.29, 0.717) is 6.42 Å². The molecule has 0 unspecified atom stereocenters. The van der Waals surface area contributed by atoms with Crippen molar-refractivity contribution in [2.75, 3.05) is 6.61 Å². The van der Waals surface area contributed by atoms with Gasteiger partial charge in [-0.1, -0.05) is 31.5 Å². The zero-order valence-electron chi connectivity index (χ0n) is 11.6. The first-order valence-corrected chi connectivity index (χ1v) is 8.04. The molecule has 1 aromatic carbocycles. The van der Waals surface area contributed by atoms with Crippen molar-refractivity contribution in [1.82, 2.24) is 0 Å². The Hall–Kier alpha value is -1.54. The molecule has 0 amide bonds. The number of alkyl halides is 1. The molecule has 21 heavy (non-hydrogen) atoms. The van der Waals surface area contributed by atoms with Crippen molar-refractivity contribution in [2.24, 2.45) is 5.92 Å². The molecule has 0 radical (unpaired) electrons. The Bertz CT molecular complexity index is 571. The molecule has 0 aliphatic rings. The second-order valence-electron chi connectivity index (χ2n) is 4.68. The Morgan fingerprint density at radius 2 is 1.90 bits per heavy atom. The minimum Gasteiger partial charge on any atom is -0.396 e. The van der Waals surface area contributed by atoms with Crippen LogP contribution in [0.2, 0.25) is 0 Å². The molecule has 0 aliphatic heterocycles. The zero-order chi connectivity index (χ0) is 16.1. The molecule has 0 heterocycles. The number of halogens is 1. The average molecular weight is 319 g/mol. The van der Waals surface area contributed by atoms with Crippen LogP contribution in [0.1, 0.15) is 26.2 Å². The average Bonchev–Trinajstić information content (AvgIpc) is 2.46. The summed E-state index contributed by atoms with van der Waals surface area (Å²) < 4.78 is 39.8. The molecule has 8 heteroatoms. The molecule has 0 aromatic heterocycles. The van der Waals surface area contributed by atoms with Crippen molar-refractivity contribution < 1.29 is 22.8 Å². The van der Waals surface area contributed by atoms with Gasteiger partial charge in [-0.25, -0.2) is 8.42 Å². The maximum Gasteiger partial charge on any atom is 0.465 e. The first-order valence-electron chi connectivity index (χ1n) is 6.56. The number of rotatable bonds is 8. The second-order valence-corrected chi connectivity index (χ2v) is 6.73. The molecule has 1 N–H and O–H groups in total. The van der Waals surface area contributed by atoms with Gasteiger partial charge in [-0.2, -0.15) is 0 Å². The third kappa shape index (κ3) is 3.21. The van der Waals surface area contributed by atoms with Gasteiger partial charge >= 0.3 is 5.12 Å². The number of aliphatic hydroxyl groups is 1. The third-order valence-corrected chi connectivity index (χ3v) is 5.43. The normalized spacial score (nSPS) is 16.1. The predicted octanol–water partition coefficient (Wildman–Crippen LogP) is 2.16. The molecule has 0 saturated carbocycles. The standard InChI is InChI=1S/C13H18FNO5S/c1-2-6-11(9-10-16)13(14,15(17)18)21(19,20)12-7-4-3-5-8-12/h3-5,7-8,11,16H,2,6,9-10H2,1H3/t11-,13-/m1/s1. The Kier molecular flexibility index (Phi) is 5.79. The van der Waals surface area contributed by atoms with Crippen LogP contribution in [0.5, 0.6) is 0 Å². The van der Waals surface area contributed by atoms with Gasteiger partial charge < -0.3 is 5.11 Å². The van der Waals surface area contributed by atoms with Crippen molar-refractivity contribution in [2.45, 2.75) is 36.2 Å². The summed E-state index contributed by atoms with van der Waals surface area (Å²) in [5, 5.41) is 16.5. The molecular formula is C13H18FNO5S. The SMILES string of the molecule is CCC[C@H](CCO)[C@@](F)([N+](=O)[O-])S(=O)(=O)c1ccccc1. The largest absolute Gasteiger partial charge is 0.465 e. The van der Waals surface area contributed by atoms with E-state index >= 15 is 4.39 Å². The molecule has 1 rings (SSSR count). The molecule has 6 nitrogen and oxygen atoms in total. The van der Waals surface area contributed by atoms with E-state index < -0.39 is 37.3 Å². The molecule has 0 spiro atoms. The van der Waals surface area contributed by atoms with Crippen LogP contribution in [0.15, 0.2) is 35.2 Å². The molecule has 1 aromatic rings. The molecule has 0 saturated heterocycles. The van der Waals surface area contributed by atoms with E-state index in [2.05, 4.69) is 0 Å². The van der Waals surface area contributed by atoms with Crippen molar-refractivity contribution in [1.29, 1.82) is 0 Å². The third-order valence-electron chi connectivity index (χ3n) is 3.30. The quantitative estimate of drug-likeness (QED) is 0.450. The Morgan fingerprint density at radius 3 is 2.33 bits per heavy atom. The Morgan fingerprint density at radius 1 is 1.33 bits per heavy atom. The smallest absolute Gasteiger partial charge is 0.396 e. The maximum atomic E-state index is 15.0. The monoisotopic (exact) mass is 319 g/mol. The number of hydrogen-bond acceptors (Lipinski definition) is 5.